The molecule has 2 aliphatic rings. The van der Waals surface area contributed by atoms with Gasteiger partial charge in [0.1, 0.15) is 18.3 Å². The van der Waals surface area contributed by atoms with Crippen molar-refractivity contribution in [1.82, 2.24) is 9.97 Å². The van der Waals surface area contributed by atoms with Crippen LogP contribution < -0.4 is 4.74 Å². The number of aliphatic hydroxyl groups is 1. The molecule has 0 aliphatic carbocycles. The Hall–Kier alpha value is -3.43. The van der Waals surface area contributed by atoms with E-state index in [-0.39, 0.29) is 31.3 Å². The van der Waals surface area contributed by atoms with Gasteiger partial charge in [-0.1, -0.05) is 60.1 Å². The minimum atomic E-state index is -0.764. The molecule has 0 bridgehead atoms. The van der Waals surface area contributed by atoms with Gasteiger partial charge in [-0.15, -0.1) is 0 Å². The fourth-order valence-electron chi connectivity index (χ4n) is 5.12. The second kappa shape index (κ2) is 10.4. The van der Waals surface area contributed by atoms with E-state index in [1.165, 1.54) is 0 Å². The molecule has 196 valence electrons. The lowest BCUT2D eigenvalue weighted by atomic mass is 9.98. The highest BCUT2D eigenvalue weighted by atomic mass is 35.5. The standard InChI is InChI=1S/C29H27ClN2O6/c30-21-13-23-22(31-29(32-23)38-25-15-37-27-24(33)14-36-28(25)27)12-20(21)19-10-8-18(9-11-19)17-6-4-16(5-7-17)2-1-3-26(34)35/h4-13,24-25,27-28,33H,1-3,14-15H2,(H,31,32)(H,34,35)/t24-,25-,27-,28-/m1/s1. The number of carbonyl (C=O) groups is 1. The summed E-state index contributed by atoms with van der Waals surface area (Å²) >= 11 is 6.65. The van der Waals surface area contributed by atoms with Gasteiger partial charge in [-0.3, -0.25) is 4.79 Å². The molecule has 2 aliphatic heterocycles. The van der Waals surface area contributed by atoms with Gasteiger partial charge < -0.3 is 29.4 Å². The van der Waals surface area contributed by atoms with Crippen LogP contribution in [0.1, 0.15) is 18.4 Å². The number of nitrogens with one attached hydrogen (secondary N) is 1. The van der Waals surface area contributed by atoms with Gasteiger partial charge in [0.15, 0.2) is 6.10 Å². The number of rotatable bonds is 8. The number of aliphatic carboxylic acids is 1. The summed E-state index contributed by atoms with van der Waals surface area (Å²) in [6, 6.07) is 20.5. The van der Waals surface area contributed by atoms with E-state index >= 15 is 0 Å². The number of carboxylic acid groups (broad SMARTS) is 1. The number of nitrogens with zero attached hydrogens (tertiary/aromatic N) is 1. The van der Waals surface area contributed by atoms with E-state index in [1.807, 2.05) is 36.4 Å². The van der Waals surface area contributed by atoms with Crippen molar-refractivity contribution < 1.29 is 29.2 Å². The predicted octanol–water partition coefficient (Wildman–Crippen LogP) is 4.86. The molecule has 6 rings (SSSR count). The lowest BCUT2D eigenvalue weighted by Crippen LogP contribution is -2.34. The van der Waals surface area contributed by atoms with Crippen LogP contribution in [-0.4, -0.2) is 63.8 Å². The summed E-state index contributed by atoms with van der Waals surface area (Å²) in [5.41, 5.74) is 6.62. The number of aliphatic hydroxyl groups excluding tert-OH is 1. The van der Waals surface area contributed by atoms with E-state index in [4.69, 9.17) is 30.9 Å². The summed E-state index contributed by atoms with van der Waals surface area (Å²) in [6.45, 7) is 0.572. The number of imidazole rings is 1. The zero-order valence-electron chi connectivity index (χ0n) is 20.5. The van der Waals surface area contributed by atoms with Crippen LogP contribution in [0.15, 0.2) is 60.7 Å². The van der Waals surface area contributed by atoms with Crippen LogP contribution in [-0.2, 0) is 20.7 Å². The van der Waals surface area contributed by atoms with Crippen LogP contribution in [0.4, 0.5) is 0 Å². The summed E-state index contributed by atoms with van der Waals surface area (Å²) in [5, 5.41) is 19.3. The number of ether oxygens (including phenoxy) is 3. The quantitative estimate of drug-likeness (QED) is 0.296. The molecule has 8 nitrogen and oxygen atoms in total. The Morgan fingerprint density at radius 2 is 1.68 bits per heavy atom. The third-order valence-corrected chi connectivity index (χ3v) is 7.45. The molecule has 3 N–H and O–H groups in total. The smallest absolute Gasteiger partial charge is 0.303 e. The third-order valence-electron chi connectivity index (χ3n) is 7.13. The van der Waals surface area contributed by atoms with Crippen LogP contribution in [0.2, 0.25) is 5.02 Å². The SMILES string of the molecule is O=C(O)CCCc1ccc(-c2ccc(-c3cc4nc(O[C@@H]5CO[C@H]6[C@@H]5OC[C@H]6O)[nH]c4cc3Cl)cc2)cc1. The van der Waals surface area contributed by atoms with E-state index in [9.17, 15) is 9.90 Å². The number of aromatic nitrogens is 2. The topological polar surface area (TPSA) is 114 Å². The van der Waals surface area contributed by atoms with Crippen molar-refractivity contribution in [2.45, 2.75) is 43.7 Å². The monoisotopic (exact) mass is 534 g/mol. The number of aryl methyl sites for hydroxylation is 1. The maximum atomic E-state index is 10.7. The van der Waals surface area contributed by atoms with Gasteiger partial charge in [-0.2, -0.15) is 4.98 Å². The first kappa shape index (κ1) is 24.9. The van der Waals surface area contributed by atoms with E-state index in [0.717, 1.165) is 45.3 Å². The van der Waals surface area contributed by atoms with E-state index in [2.05, 4.69) is 34.2 Å². The van der Waals surface area contributed by atoms with Crippen LogP contribution in [0.3, 0.4) is 0 Å². The molecule has 1 aromatic heterocycles. The van der Waals surface area contributed by atoms with Gasteiger partial charge in [-0.25, -0.2) is 0 Å². The molecule has 3 heterocycles. The Morgan fingerprint density at radius 3 is 2.42 bits per heavy atom. The molecule has 0 spiro atoms. The van der Waals surface area contributed by atoms with E-state index in [0.29, 0.717) is 24.1 Å². The van der Waals surface area contributed by atoms with Crippen LogP contribution in [0.5, 0.6) is 6.01 Å². The Morgan fingerprint density at radius 1 is 1.00 bits per heavy atom. The second-order valence-electron chi connectivity index (χ2n) is 9.73. The zero-order valence-corrected chi connectivity index (χ0v) is 21.2. The average molecular weight is 535 g/mol. The number of H-pyrrole nitrogens is 1. The lowest BCUT2D eigenvalue weighted by molar-refractivity contribution is -0.137. The highest BCUT2D eigenvalue weighted by Crippen LogP contribution is 2.35. The number of hydrogen-bond donors (Lipinski definition) is 3. The van der Waals surface area contributed by atoms with Crippen molar-refractivity contribution >= 4 is 28.6 Å². The van der Waals surface area contributed by atoms with Crippen molar-refractivity contribution in [3.63, 3.8) is 0 Å². The Labute approximate surface area is 224 Å². The van der Waals surface area contributed by atoms with Gasteiger partial charge in [0.25, 0.3) is 6.01 Å². The number of fused-ring (bicyclic) bond motifs is 2. The molecule has 2 fully saturated rings. The molecule has 0 saturated carbocycles. The zero-order chi connectivity index (χ0) is 26.2. The van der Waals surface area contributed by atoms with Gasteiger partial charge in [0, 0.05) is 12.0 Å². The number of benzene rings is 3. The van der Waals surface area contributed by atoms with Crippen molar-refractivity contribution in [2.75, 3.05) is 13.2 Å². The largest absolute Gasteiger partial charge is 0.481 e. The number of aromatic amines is 1. The fraction of sp³-hybridized carbons (Fsp3) is 0.310. The number of halogens is 1. The minimum absolute atomic E-state index is 0.181. The molecule has 4 aromatic rings. The Balaban J connectivity index is 1.16. The lowest BCUT2D eigenvalue weighted by Gasteiger charge is -2.15. The normalized spacial score (nSPS) is 22.6. The van der Waals surface area contributed by atoms with Gasteiger partial charge in [-0.05, 0) is 47.2 Å². The summed E-state index contributed by atoms with van der Waals surface area (Å²) in [4.78, 5) is 18.5. The molecule has 0 amide bonds. The molecule has 38 heavy (non-hydrogen) atoms. The highest BCUT2D eigenvalue weighted by Gasteiger charge is 2.48. The van der Waals surface area contributed by atoms with Crippen LogP contribution in [0.25, 0.3) is 33.3 Å². The van der Waals surface area contributed by atoms with Crippen molar-refractivity contribution in [2.24, 2.45) is 0 Å². The van der Waals surface area contributed by atoms with Crippen molar-refractivity contribution in [1.29, 1.82) is 0 Å². The summed E-state index contributed by atoms with van der Waals surface area (Å²) < 4.78 is 17.3. The Bertz CT molecular complexity index is 1450. The van der Waals surface area contributed by atoms with Crippen LogP contribution in [0, 0.1) is 0 Å². The predicted molar refractivity (Wildman–Crippen MR) is 142 cm³/mol. The summed E-state index contributed by atoms with van der Waals surface area (Å²) in [5.74, 6) is -0.764. The average Bonchev–Trinajstić information content (AvgIpc) is 3.60. The third kappa shape index (κ3) is 5.00. The van der Waals surface area contributed by atoms with Gasteiger partial charge >= 0.3 is 5.97 Å². The fourth-order valence-corrected chi connectivity index (χ4v) is 5.40. The minimum Gasteiger partial charge on any atom is -0.481 e. The van der Waals surface area contributed by atoms with Crippen LogP contribution >= 0.6 is 11.6 Å². The first-order valence-corrected chi connectivity index (χ1v) is 13.0. The molecule has 0 radical (unpaired) electrons. The summed E-state index contributed by atoms with van der Waals surface area (Å²) in [7, 11) is 0. The number of carboxylic acids is 1. The second-order valence-corrected chi connectivity index (χ2v) is 10.1. The van der Waals surface area contributed by atoms with Gasteiger partial charge in [0.2, 0.25) is 0 Å². The molecule has 0 unspecified atom stereocenters. The highest BCUT2D eigenvalue weighted by molar-refractivity contribution is 6.34. The van der Waals surface area contributed by atoms with Gasteiger partial charge in [0.05, 0.1) is 29.3 Å². The molecule has 3 aromatic carbocycles. The van der Waals surface area contributed by atoms with Crippen molar-refractivity contribution in [3.8, 4) is 28.3 Å². The van der Waals surface area contributed by atoms with Crippen molar-refractivity contribution in [3.05, 3.63) is 71.2 Å². The summed E-state index contributed by atoms with van der Waals surface area (Å²) in [6.07, 6.45) is -0.101. The maximum absolute atomic E-state index is 10.7. The first-order valence-electron chi connectivity index (χ1n) is 12.6. The van der Waals surface area contributed by atoms with E-state index < -0.39 is 12.1 Å². The van der Waals surface area contributed by atoms with E-state index in [1.54, 1.807) is 0 Å². The molecule has 4 atom stereocenters. The maximum Gasteiger partial charge on any atom is 0.303 e. The molecule has 9 heteroatoms. The Kier molecular flexibility index (Phi) is 6.80. The number of hydrogen-bond acceptors (Lipinski definition) is 6. The molecular weight excluding hydrogens is 508 g/mol. The molecule has 2 saturated heterocycles. The first-order chi connectivity index (χ1) is 18.4. The molecular formula is C29H27ClN2O6.